The Morgan fingerprint density at radius 2 is 1.97 bits per heavy atom. The minimum atomic E-state index is -0.262. The van der Waals surface area contributed by atoms with Crippen molar-refractivity contribution in [3.8, 4) is 0 Å². The molecule has 7 heteroatoms. The van der Waals surface area contributed by atoms with Gasteiger partial charge in [0.15, 0.2) is 5.16 Å². The van der Waals surface area contributed by atoms with E-state index in [0.717, 1.165) is 27.8 Å². The average Bonchev–Trinajstić information content (AvgIpc) is 3.15. The lowest BCUT2D eigenvalue weighted by atomic mass is 10.1. The van der Waals surface area contributed by atoms with E-state index in [1.54, 1.807) is 11.8 Å². The number of amides is 1. The Kier molecular flexibility index (Phi) is 8.37. The smallest absolute Gasteiger partial charge is 0.237 e. The highest BCUT2D eigenvalue weighted by Crippen LogP contribution is 2.29. The van der Waals surface area contributed by atoms with Crippen LogP contribution in [0.15, 0.2) is 71.2 Å². The van der Waals surface area contributed by atoms with Gasteiger partial charge in [0, 0.05) is 17.1 Å². The van der Waals surface area contributed by atoms with Gasteiger partial charge in [-0.2, -0.15) is 0 Å². The van der Waals surface area contributed by atoms with Crippen LogP contribution in [-0.4, -0.2) is 25.9 Å². The Morgan fingerprint density at radius 1 is 1.19 bits per heavy atom. The van der Waals surface area contributed by atoms with Gasteiger partial charge in [0.05, 0.1) is 11.0 Å². The van der Waals surface area contributed by atoms with Crippen molar-refractivity contribution in [2.45, 2.75) is 54.8 Å². The topological polar surface area (TPSA) is 59.8 Å². The number of aromatic nitrogens is 3. The maximum absolute atomic E-state index is 13.0. The number of benzene rings is 2. The van der Waals surface area contributed by atoms with E-state index in [1.165, 1.54) is 16.7 Å². The van der Waals surface area contributed by atoms with Gasteiger partial charge in [-0.05, 0) is 49.6 Å². The molecule has 1 heterocycles. The van der Waals surface area contributed by atoms with Crippen LogP contribution in [0.3, 0.4) is 0 Å². The van der Waals surface area contributed by atoms with Gasteiger partial charge >= 0.3 is 0 Å². The number of hydrogen-bond acceptors (Lipinski definition) is 5. The molecule has 1 N–H and O–H groups in total. The van der Waals surface area contributed by atoms with Crippen LogP contribution in [0.1, 0.15) is 30.3 Å². The van der Waals surface area contributed by atoms with E-state index >= 15 is 0 Å². The summed E-state index contributed by atoms with van der Waals surface area (Å²) < 4.78 is 2.04. The summed E-state index contributed by atoms with van der Waals surface area (Å²) >= 11 is 3.17. The second-order valence-corrected chi connectivity index (χ2v) is 9.44. The van der Waals surface area contributed by atoms with Crippen LogP contribution in [-0.2, 0) is 17.1 Å². The van der Waals surface area contributed by atoms with Crippen molar-refractivity contribution in [2.75, 3.05) is 5.32 Å². The van der Waals surface area contributed by atoms with Gasteiger partial charge in [0.25, 0.3) is 0 Å². The highest BCUT2D eigenvalue weighted by molar-refractivity contribution is 8.00. The van der Waals surface area contributed by atoms with Gasteiger partial charge in [-0.1, -0.05) is 55.1 Å². The molecule has 2 aromatic carbocycles. The van der Waals surface area contributed by atoms with E-state index in [0.29, 0.717) is 18.7 Å². The number of aryl methyl sites for hydroxylation is 2. The van der Waals surface area contributed by atoms with Gasteiger partial charge in [-0.25, -0.2) is 0 Å². The minimum Gasteiger partial charge on any atom is -0.325 e. The molecule has 31 heavy (non-hydrogen) atoms. The fourth-order valence-corrected chi connectivity index (χ4v) is 4.86. The van der Waals surface area contributed by atoms with Crippen molar-refractivity contribution in [3.05, 3.63) is 78.1 Å². The molecule has 162 valence electrons. The number of carbonyl (C=O) groups is 1. The summed E-state index contributed by atoms with van der Waals surface area (Å²) in [7, 11) is 0. The molecule has 1 unspecified atom stereocenters. The molecule has 1 aromatic heterocycles. The van der Waals surface area contributed by atoms with Crippen LogP contribution in [0.25, 0.3) is 0 Å². The number of allylic oxidation sites excluding steroid dienone is 1. The number of rotatable bonds is 10. The van der Waals surface area contributed by atoms with Gasteiger partial charge in [0.2, 0.25) is 5.91 Å². The molecule has 1 atom stereocenters. The van der Waals surface area contributed by atoms with Crippen LogP contribution >= 0.6 is 23.5 Å². The van der Waals surface area contributed by atoms with E-state index in [2.05, 4.69) is 34.2 Å². The molecule has 0 spiro atoms. The third kappa shape index (κ3) is 6.24. The summed E-state index contributed by atoms with van der Waals surface area (Å²) in [5, 5.41) is 12.4. The average molecular weight is 453 g/mol. The molecule has 1 amide bonds. The van der Waals surface area contributed by atoms with Gasteiger partial charge in [-0.15, -0.1) is 28.5 Å². The van der Waals surface area contributed by atoms with Crippen LogP contribution in [0.5, 0.6) is 0 Å². The zero-order valence-electron chi connectivity index (χ0n) is 18.2. The third-order valence-electron chi connectivity index (χ3n) is 4.78. The standard InChI is InChI=1S/C24H28N4OS2/c1-5-14-28-22(16-30-19-10-8-7-9-11-19)26-27-24(28)31-21(6-2)23(29)25-20-15-17(3)12-13-18(20)4/h5,7-13,15,21H,1,6,14,16H2,2-4H3,(H,25,29). The summed E-state index contributed by atoms with van der Waals surface area (Å²) in [6.07, 6.45) is 2.53. The van der Waals surface area contributed by atoms with Crippen LogP contribution in [0, 0.1) is 13.8 Å². The fraction of sp³-hybridized carbons (Fsp3) is 0.292. The number of nitrogens with zero attached hydrogens (tertiary/aromatic N) is 3. The molecule has 0 aliphatic heterocycles. The van der Waals surface area contributed by atoms with Crippen molar-refractivity contribution in [2.24, 2.45) is 0 Å². The SMILES string of the molecule is C=CCn1c(CSc2ccccc2)nnc1SC(CC)C(=O)Nc1cc(C)ccc1C. The first kappa shape index (κ1) is 23.2. The monoisotopic (exact) mass is 452 g/mol. The van der Waals surface area contributed by atoms with E-state index in [9.17, 15) is 4.79 Å². The highest BCUT2D eigenvalue weighted by Gasteiger charge is 2.23. The molecule has 0 fully saturated rings. The lowest BCUT2D eigenvalue weighted by Gasteiger charge is -2.16. The summed E-state index contributed by atoms with van der Waals surface area (Å²) in [5.41, 5.74) is 3.03. The first-order valence-electron chi connectivity index (χ1n) is 10.3. The number of anilines is 1. The Morgan fingerprint density at radius 3 is 2.68 bits per heavy atom. The third-order valence-corrected chi connectivity index (χ3v) is 7.13. The highest BCUT2D eigenvalue weighted by atomic mass is 32.2. The number of nitrogens with one attached hydrogen (secondary N) is 1. The zero-order chi connectivity index (χ0) is 22.2. The largest absolute Gasteiger partial charge is 0.325 e. The molecule has 0 saturated heterocycles. The molecule has 5 nitrogen and oxygen atoms in total. The predicted octanol–water partition coefficient (Wildman–Crippen LogP) is 5.88. The van der Waals surface area contributed by atoms with E-state index in [-0.39, 0.29) is 11.2 Å². The number of hydrogen-bond donors (Lipinski definition) is 1. The quantitative estimate of drug-likeness (QED) is 0.307. The maximum atomic E-state index is 13.0. The molecule has 0 radical (unpaired) electrons. The normalized spacial score (nSPS) is 11.8. The fourth-order valence-electron chi connectivity index (χ4n) is 3.02. The maximum Gasteiger partial charge on any atom is 0.237 e. The minimum absolute atomic E-state index is 0.0189. The molecular formula is C24H28N4OS2. The van der Waals surface area contributed by atoms with Crippen LogP contribution in [0.2, 0.25) is 0 Å². The molecular weight excluding hydrogens is 424 g/mol. The van der Waals surface area contributed by atoms with Crippen LogP contribution in [0.4, 0.5) is 5.69 Å². The van der Waals surface area contributed by atoms with Gasteiger partial charge < -0.3 is 9.88 Å². The number of carbonyl (C=O) groups excluding carboxylic acids is 1. The van der Waals surface area contributed by atoms with Crippen LogP contribution < -0.4 is 5.32 Å². The second-order valence-electron chi connectivity index (χ2n) is 7.22. The first-order valence-corrected chi connectivity index (χ1v) is 12.1. The lowest BCUT2D eigenvalue weighted by Crippen LogP contribution is -2.25. The predicted molar refractivity (Wildman–Crippen MR) is 131 cm³/mol. The molecule has 0 aliphatic rings. The van der Waals surface area contributed by atoms with E-state index in [1.807, 2.05) is 67.8 Å². The second kappa shape index (κ2) is 11.2. The Labute approximate surface area is 192 Å². The summed E-state index contributed by atoms with van der Waals surface area (Å²) in [4.78, 5) is 14.2. The first-order chi connectivity index (χ1) is 15.0. The molecule has 3 rings (SSSR count). The van der Waals surface area contributed by atoms with Crippen molar-refractivity contribution in [1.82, 2.24) is 14.8 Å². The molecule has 0 saturated carbocycles. The van der Waals surface area contributed by atoms with Gasteiger partial charge in [0.1, 0.15) is 5.82 Å². The Bertz CT molecular complexity index is 1030. The number of thioether (sulfide) groups is 2. The summed E-state index contributed by atoms with van der Waals surface area (Å²) in [6.45, 7) is 10.5. The molecule has 3 aromatic rings. The summed E-state index contributed by atoms with van der Waals surface area (Å²) in [6, 6.07) is 16.3. The van der Waals surface area contributed by atoms with E-state index < -0.39 is 0 Å². The van der Waals surface area contributed by atoms with Crippen molar-refractivity contribution in [1.29, 1.82) is 0 Å². The van der Waals surface area contributed by atoms with Crippen molar-refractivity contribution >= 4 is 35.1 Å². The zero-order valence-corrected chi connectivity index (χ0v) is 19.8. The van der Waals surface area contributed by atoms with Gasteiger partial charge in [-0.3, -0.25) is 4.79 Å². The Hall–Kier alpha value is -2.51. The lowest BCUT2D eigenvalue weighted by molar-refractivity contribution is -0.115. The Balaban J connectivity index is 1.73. The molecule has 0 bridgehead atoms. The van der Waals surface area contributed by atoms with Crippen molar-refractivity contribution in [3.63, 3.8) is 0 Å². The molecule has 0 aliphatic carbocycles. The summed E-state index contributed by atoms with van der Waals surface area (Å²) in [5.74, 6) is 1.56. The van der Waals surface area contributed by atoms with E-state index in [4.69, 9.17) is 0 Å². The van der Waals surface area contributed by atoms with Crippen molar-refractivity contribution < 1.29 is 4.79 Å².